The van der Waals surface area contributed by atoms with Gasteiger partial charge in [0.15, 0.2) is 0 Å². The monoisotopic (exact) mass is 342 g/mol. The van der Waals surface area contributed by atoms with E-state index in [1.165, 1.54) is 6.07 Å². The highest BCUT2D eigenvalue weighted by Gasteiger charge is 2.25. The number of halogens is 2. The van der Waals surface area contributed by atoms with E-state index in [0.29, 0.717) is 5.56 Å². The van der Waals surface area contributed by atoms with E-state index < -0.39 is 6.61 Å². The summed E-state index contributed by atoms with van der Waals surface area (Å²) in [4.78, 5) is 12.1. The number of urea groups is 1. The van der Waals surface area contributed by atoms with Crippen LogP contribution in [0.4, 0.5) is 13.6 Å². The first kappa shape index (κ1) is 18.4. The van der Waals surface area contributed by atoms with Gasteiger partial charge in [-0.3, -0.25) is 0 Å². The number of amides is 2. The van der Waals surface area contributed by atoms with Crippen molar-refractivity contribution in [1.29, 1.82) is 0 Å². The minimum atomic E-state index is -2.91. The van der Waals surface area contributed by atoms with Crippen LogP contribution in [0.5, 0.6) is 5.75 Å². The Labute approximate surface area is 140 Å². The molecular formula is C17H24F2N2O3. The first-order valence-electron chi connectivity index (χ1n) is 8.19. The summed E-state index contributed by atoms with van der Waals surface area (Å²) in [5, 5.41) is 14.9. The molecule has 5 nitrogen and oxygen atoms in total. The third-order valence-electron chi connectivity index (χ3n) is 4.33. The quantitative estimate of drug-likeness (QED) is 0.744. The van der Waals surface area contributed by atoms with E-state index >= 15 is 0 Å². The average molecular weight is 342 g/mol. The number of hydrogen-bond donors (Lipinski definition) is 3. The van der Waals surface area contributed by atoms with Crippen molar-refractivity contribution < 1.29 is 23.4 Å². The molecule has 1 aliphatic carbocycles. The van der Waals surface area contributed by atoms with Gasteiger partial charge in [0.2, 0.25) is 0 Å². The van der Waals surface area contributed by atoms with E-state index in [0.717, 1.165) is 31.2 Å². The number of carbonyl (C=O) groups is 1. The molecule has 1 fully saturated rings. The van der Waals surface area contributed by atoms with Crippen LogP contribution in [0.25, 0.3) is 0 Å². The van der Waals surface area contributed by atoms with Gasteiger partial charge in [0.1, 0.15) is 5.75 Å². The number of aliphatic hydroxyl groups is 1. The number of carbonyl (C=O) groups excluding carboxylic acids is 1. The fraction of sp³-hybridized carbons (Fsp3) is 0.588. The van der Waals surface area contributed by atoms with E-state index in [1.807, 2.05) is 6.92 Å². The molecular weight excluding hydrogens is 318 g/mol. The van der Waals surface area contributed by atoms with Gasteiger partial charge in [0, 0.05) is 30.7 Å². The van der Waals surface area contributed by atoms with E-state index in [2.05, 4.69) is 15.4 Å². The van der Waals surface area contributed by atoms with Gasteiger partial charge in [-0.2, -0.15) is 8.78 Å². The van der Waals surface area contributed by atoms with Crippen molar-refractivity contribution in [2.45, 2.75) is 51.8 Å². The third-order valence-corrected chi connectivity index (χ3v) is 4.33. The van der Waals surface area contributed by atoms with Gasteiger partial charge in [-0.25, -0.2) is 4.79 Å². The molecule has 0 heterocycles. The maximum Gasteiger partial charge on any atom is 0.387 e. The van der Waals surface area contributed by atoms with Crippen molar-refractivity contribution in [2.75, 3.05) is 6.61 Å². The lowest BCUT2D eigenvalue weighted by Gasteiger charge is -2.30. The Hall–Kier alpha value is -1.89. The molecule has 2 amide bonds. The second-order valence-electron chi connectivity index (χ2n) is 6.15. The zero-order valence-corrected chi connectivity index (χ0v) is 13.7. The van der Waals surface area contributed by atoms with E-state index in [9.17, 15) is 18.7 Å². The highest BCUT2D eigenvalue weighted by atomic mass is 19.3. The zero-order chi connectivity index (χ0) is 17.5. The van der Waals surface area contributed by atoms with Crippen molar-refractivity contribution in [3.05, 3.63) is 29.3 Å². The standard InChI is InChI=1S/C17H24F2N2O3/c1-11-6-7-15(24-16(18)19)13(8-11)9-20-17(23)21-14-5-3-2-4-12(14)10-22/h6-8,12,14,16,22H,2-5,9-10H2,1H3,(H2,20,21,23). The highest BCUT2D eigenvalue weighted by Crippen LogP contribution is 2.24. The summed E-state index contributed by atoms with van der Waals surface area (Å²) in [7, 11) is 0. The smallest absolute Gasteiger partial charge is 0.387 e. The Morgan fingerprint density at radius 3 is 2.83 bits per heavy atom. The van der Waals surface area contributed by atoms with Gasteiger partial charge < -0.3 is 20.5 Å². The number of nitrogens with one attached hydrogen (secondary N) is 2. The SMILES string of the molecule is Cc1ccc(OC(F)F)c(CNC(=O)NC2CCCCC2CO)c1. The Kier molecular flexibility index (Phi) is 6.78. The van der Waals surface area contributed by atoms with Crippen LogP contribution in [-0.2, 0) is 6.54 Å². The van der Waals surface area contributed by atoms with Crippen molar-refractivity contribution in [3.63, 3.8) is 0 Å². The molecule has 1 saturated carbocycles. The van der Waals surface area contributed by atoms with Gasteiger partial charge in [-0.05, 0) is 25.8 Å². The number of benzene rings is 1. The number of aliphatic hydroxyl groups excluding tert-OH is 1. The molecule has 7 heteroatoms. The van der Waals surface area contributed by atoms with Crippen LogP contribution in [0.2, 0.25) is 0 Å². The molecule has 0 aromatic heterocycles. The zero-order valence-electron chi connectivity index (χ0n) is 13.7. The molecule has 1 aromatic rings. The molecule has 0 bridgehead atoms. The van der Waals surface area contributed by atoms with Crippen LogP contribution in [0, 0.1) is 12.8 Å². The van der Waals surface area contributed by atoms with Crippen molar-refractivity contribution in [1.82, 2.24) is 10.6 Å². The van der Waals surface area contributed by atoms with Gasteiger partial charge >= 0.3 is 12.6 Å². The normalized spacial score (nSPS) is 20.7. The topological polar surface area (TPSA) is 70.6 Å². The summed E-state index contributed by atoms with van der Waals surface area (Å²) in [5.41, 5.74) is 1.38. The number of rotatable bonds is 6. The van der Waals surface area contributed by atoms with E-state index in [1.54, 1.807) is 12.1 Å². The van der Waals surface area contributed by atoms with Crippen LogP contribution in [0.3, 0.4) is 0 Å². The second-order valence-corrected chi connectivity index (χ2v) is 6.15. The fourth-order valence-electron chi connectivity index (χ4n) is 3.07. The lowest BCUT2D eigenvalue weighted by Crippen LogP contribution is -2.47. The molecule has 24 heavy (non-hydrogen) atoms. The molecule has 2 unspecified atom stereocenters. The van der Waals surface area contributed by atoms with Crippen molar-refractivity contribution in [2.24, 2.45) is 5.92 Å². The lowest BCUT2D eigenvalue weighted by atomic mass is 9.85. The van der Waals surface area contributed by atoms with Crippen LogP contribution >= 0.6 is 0 Å². The van der Waals surface area contributed by atoms with Gasteiger partial charge in [0.25, 0.3) is 0 Å². The third kappa shape index (κ3) is 5.33. The Bertz CT molecular complexity index is 555. The molecule has 0 radical (unpaired) electrons. The predicted octanol–water partition coefficient (Wildman–Crippen LogP) is 2.95. The lowest BCUT2D eigenvalue weighted by molar-refractivity contribution is -0.0504. The summed E-state index contributed by atoms with van der Waals surface area (Å²) in [6.45, 7) is -0.932. The molecule has 134 valence electrons. The summed E-state index contributed by atoms with van der Waals surface area (Å²) >= 11 is 0. The Morgan fingerprint density at radius 2 is 2.12 bits per heavy atom. The Morgan fingerprint density at radius 1 is 1.38 bits per heavy atom. The molecule has 1 aliphatic rings. The molecule has 1 aromatic carbocycles. The molecule has 0 aliphatic heterocycles. The second kappa shape index (κ2) is 8.82. The van der Waals surface area contributed by atoms with E-state index in [-0.39, 0.29) is 36.9 Å². The summed E-state index contributed by atoms with van der Waals surface area (Å²) in [5.74, 6) is 0.128. The summed E-state index contributed by atoms with van der Waals surface area (Å²) in [6.07, 6.45) is 3.81. The minimum Gasteiger partial charge on any atom is -0.434 e. The van der Waals surface area contributed by atoms with Gasteiger partial charge in [0.05, 0.1) is 0 Å². The maximum absolute atomic E-state index is 12.4. The largest absolute Gasteiger partial charge is 0.434 e. The maximum atomic E-state index is 12.4. The highest BCUT2D eigenvalue weighted by molar-refractivity contribution is 5.74. The van der Waals surface area contributed by atoms with Crippen LogP contribution in [-0.4, -0.2) is 30.4 Å². The molecule has 0 spiro atoms. The number of aryl methyl sites for hydroxylation is 1. The minimum absolute atomic E-state index is 0.0508. The molecule has 2 atom stereocenters. The number of hydrogen-bond acceptors (Lipinski definition) is 3. The average Bonchev–Trinajstić information content (AvgIpc) is 2.55. The molecule has 2 rings (SSSR count). The Balaban J connectivity index is 1.92. The molecule has 0 saturated heterocycles. The fourth-order valence-corrected chi connectivity index (χ4v) is 3.07. The number of ether oxygens (including phenoxy) is 1. The molecule has 3 N–H and O–H groups in total. The van der Waals surface area contributed by atoms with Gasteiger partial charge in [-0.15, -0.1) is 0 Å². The predicted molar refractivity (Wildman–Crippen MR) is 86.0 cm³/mol. The van der Waals surface area contributed by atoms with Gasteiger partial charge in [-0.1, -0.05) is 30.5 Å². The van der Waals surface area contributed by atoms with Crippen LogP contribution < -0.4 is 15.4 Å². The summed E-state index contributed by atoms with van der Waals surface area (Å²) in [6, 6.07) is 4.42. The summed E-state index contributed by atoms with van der Waals surface area (Å²) < 4.78 is 29.4. The number of alkyl halides is 2. The first-order valence-corrected chi connectivity index (χ1v) is 8.19. The van der Waals surface area contributed by atoms with Crippen molar-refractivity contribution in [3.8, 4) is 5.75 Å². The van der Waals surface area contributed by atoms with Crippen molar-refractivity contribution >= 4 is 6.03 Å². The van der Waals surface area contributed by atoms with Crippen LogP contribution in [0.1, 0.15) is 36.8 Å². The van der Waals surface area contributed by atoms with E-state index in [4.69, 9.17) is 0 Å². The van der Waals surface area contributed by atoms with Crippen LogP contribution in [0.15, 0.2) is 18.2 Å². The first-order chi connectivity index (χ1) is 11.5.